The van der Waals surface area contributed by atoms with Crippen molar-refractivity contribution in [1.82, 2.24) is 10.3 Å². The maximum Gasteiger partial charge on any atom is 0.150 e. The van der Waals surface area contributed by atoms with Crippen molar-refractivity contribution in [3.05, 3.63) is 11.1 Å². The number of aryl methyl sites for hydroxylation is 1. The molecule has 0 aromatic carbocycles. The molecule has 0 saturated carbocycles. The van der Waals surface area contributed by atoms with E-state index in [4.69, 9.17) is 0 Å². The van der Waals surface area contributed by atoms with Crippen LogP contribution in [0.4, 0.5) is 0 Å². The van der Waals surface area contributed by atoms with E-state index in [1.54, 1.807) is 11.3 Å². The molecule has 1 N–H and O–H groups in total. The summed E-state index contributed by atoms with van der Waals surface area (Å²) in [5, 5.41) is 5.55. The predicted octanol–water partition coefficient (Wildman–Crippen LogP) is 2.93. The summed E-state index contributed by atoms with van der Waals surface area (Å²) in [6.45, 7) is 9.63. The van der Waals surface area contributed by atoms with Crippen molar-refractivity contribution in [1.29, 1.82) is 0 Å². The highest BCUT2D eigenvalue weighted by Crippen LogP contribution is 2.21. The van der Waals surface area contributed by atoms with Gasteiger partial charge in [-0.3, -0.25) is 0 Å². The van der Waals surface area contributed by atoms with Gasteiger partial charge in [-0.05, 0) is 27.7 Å². The van der Waals surface area contributed by atoms with Crippen LogP contribution in [0.1, 0.15) is 26.5 Å². The Labute approximate surface area is 94.5 Å². The molecule has 1 heterocycles. The molecule has 80 valence electrons. The average molecular weight is 230 g/mol. The molecule has 0 amide bonds. The molecule has 0 radical (unpaired) electrons. The minimum absolute atomic E-state index is 0.222. The number of nitrogens with zero attached hydrogens (tertiary/aromatic N) is 1. The molecule has 1 aromatic heterocycles. The third kappa shape index (κ3) is 4.98. The topological polar surface area (TPSA) is 24.9 Å². The zero-order chi connectivity index (χ0) is 10.6. The molecule has 0 spiro atoms. The van der Waals surface area contributed by atoms with Gasteiger partial charge in [0.1, 0.15) is 4.34 Å². The number of thiazole rings is 1. The number of hydrogen-bond donors (Lipinski definition) is 1. The summed E-state index contributed by atoms with van der Waals surface area (Å²) in [5.74, 6) is 1.09. The highest BCUT2D eigenvalue weighted by atomic mass is 32.2. The van der Waals surface area contributed by atoms with Gasteiger partial charge in [-0.15, -0.1) is 11.3 Å². The molecule has 1 aromatic rings. The van der Waals surface area contributed by atoms with Crippen LogP contribution in [0, 0.1) is 6.92 Å². The monoisotopic (exact) mass is 230 g/mol. The Morgan fingerprint density at radius 3 is 2.71 bits per heavy atom. The van der Waals surface area contributed by atoms with Crippen LogP contribution in [0.5, 0.6) is 0 Å². The van der Waals surface area contributed by atoms with Gasteiger partial charge in [0.25, 0.3) is 0 Å². The summed E-state index contributed by atoms with van der Waals surface area (Å²) in [6, 6.07) is 0. The van der Waals surface area contributed by atoms with Gasteiger partial charge in [0.05, 0.1) is 0 Å². The molecule has 0 aliphatic rings. The Bertz CT molecular complexity index is 276. The molecule has 0 aliphatic carbocycles. The third-order valence-corrected chi connectivity index (χ3v) is 3.72. The fourth-order valence-corrected chi connectivity index (χ4v) is 2.74. The van der Waals surface area contributed by atoms with Gasteiger partial charge < -0.3 is 5.32 Å². The lowest BCUT2D eigenvalue weighted by atomic mass is 10.1. The Morgan fingerprint density at radius 2 is 2.21 bits per heavy atom. The number of rotatable bonds is 4. The van der Waals surface area contributed by atoms with E-state index in [-0.39, 0.29) is 5.54 Å². The van der Waals surface area contributed by atoms with E-state index in [1.807, 2.05) is 18.7 Å². The molecule has 0 aliphatic heterocycles. The lowest BCUT2D eigenvalue weighted by Gasteiger charge is -2.19. The van der Waals surface area contributed by atoms with Crippen LogP contribution >= 0.6 is 23.1 Å². The Kier molecular flexibility index (Phi) is 4.41. The van der Waals surface area contributed by atoms with Crippen molar-refractivity contribution >= 4 is 23.1 Å². The molecule has 0 unspecified atom stereocenters. The van der Waals surface area contributed by atoms with E-state index < -0.39 is 0 Å². The quantitative estimate of drug-likeness (QED) is 0.636. The molecule has 1 rings (SSSR count). The highest BCUT2D eigenvalue weighted by Gasteiger charge is 2.07. The normalized spacial score (nSPS) is 12.0. The number of nitrogens with one attached hydrogen (secondary N) is 1. The van der Waals surface area contributed by atoms with Gasteiger partial charge in [0, 0.05) is 28.9 Å². The van der Waals surface area contributed by atoms with E-state index in [0.717, 1.165) is 18.0 Å². The Morgan fingerprint density at radius 1 is 1.50 bits per heavy atom. The number of aromatic nitrogens is 1. The molecule has 0 fully saturated rings. The fourth-order valence-electron chi connectivity index (χ4n) is 0.963. The van der Waals surface area contributed by atoms with Crippen LogP contribution in [0.25, 0.3) is 0 Å². The van der Waals surface area contributed by atoms with Gasteiger partial charge in [-0.2, -0.15) is 0 Å². The van der Waals surface area contributed by atoms with Crippen molar-refractivity contribution in [3.63, 3.8) is 0 Å². The van der Waals surface area contributed by atoms with Gasteiger partial charge in [-0.1, -0.05) is 11.8 Å². The average Bonchev–Trinajstić information content (AvgIpc) is 2.44. The second-order valence-corrected chi connectivity index (χ2v) is 6.48. The summed E-state index contributed by atoms with van der Waals surface area (Å²) >= 11 is 3.56. The first-order valence-electron chi connectivity index (χ1n) is 4.77. The largest absolute Gasteiger partial charge is 0.311 e. The van der Waals surface area contributed by atoms with E-state index in [9.17, 15) is 0 Å². The molecule has 0 saturated heterocycles. The van der Waals surface area contributed by atoms with Crippen LogP contribution in [0.15, 0.2) is 9.72 Å². The Hall–Kier alpha value is -0.0600. The first-order chi connectivity index (χ1) is 6.47. The van der Waals surface area contributed by atoms with Gasteiger partial charge in [-0.25, -0.2) is 4.98 Å². The Balaban J connectivity index is 2.16. The van der Waals surface area contributed by atoms with Gasteiger partial charge in [0.2, 0.25) is 0 Å². The lowest BCUT2D eigenvalue weighted by molar-refractivity contribution is 0.441. The summed E-state index contributed by atoms with van der Waals surface area (Å²) in [4.78, 5) is 4.40. The van der Waals surface area contributed by atoms with Crippen LogP contribution in [0.2, 0.25) is 0 Å². The van der Waals surface area contributed by atoms with Crippen molar-refractivity contribution in [2.45, 2.75) is 37.6 Å². The van der Waals surface area contributed by atoms with Gasteiger partial charge >= 0.3 is 0 Å². The maximum absolute atomic E-state index is 4.40. The zero-order valence-electron chi connectivity index (χ0n) is 9.26. The predicted molar refractivity (Wildman–Crippen MR) is 65.3 cm³/mol. The zero-order valence-corrected chi connectivity index (χ0v) is 10.9. The molecule has 14 heavy (non-hydrogen) atoms. The van der Waals surface area contributed by atoms with E-state index in [2.05, 4.69) is 36.5 Å². The smallest absolute Gasteiger partial charge is 0.150 e. The third-order valence-electron chi connectivity index (χ3n) is 1.58. The van der Waals surface area contributed by atoms with Crippen molar-refractivity contribution in [2.24, 2.45) is 0 Å². The van der Waals surface area contributed by atoms with E-state index in [1.165, 1.54) is 4.34 Å². The van der Waals surface area contributed by atoms with Crippen LogP contribution in [-0.2, 0) is 0 Å². The molecular weight excluding hydrogens is 212 g/mol. The van der Waals surface area contributed by atoms with Crippen LogP contribution in [0.3, 0.4) is 0 Å². The maximum atomic E-state index is 4.40. The number of thioether (sulfide) groups is 1. The minimum Gasteiger partial charge on any atom is -0.311 e. The summed E-state index contributed by atoms with van der Waals surface area (Å²) in [7, 11) is 0. The standard InChI is InChI=1S/C10H18N2S2/c1-8-7-14-9(12-8)13-6-5-11-10(2,3)4/h7,11H,5-6H2,1-4H3. The van der Waals surface area contributed by atoms with E-state index in [0.29, 0.717) is 0 Å². The van der Waals surface area contributed by atoms with Crippen LogP contribution in [-0.4, -0.2) is 22.8 Å². The summed E-state index contributed by atoms with van der Waals surface area (Å²) in [5.41, 5.74) is 1.35. The van der Waals surface area contributed by atoms with Gasteiger partial charge in [0.15, 0.2) is 0 Å². The molecule has 2 nitrogen and oxygen atoms in total. The molecular formula is C10H18N2S2. The SMILES string of the molecule is Cc1csc(SCCNC(C)(C)C)n1. The van der Waals surface area contributed by atoms with Crippen molar-refractivity contribution < 1.29 is 0 Å². The van der Waals surface area contributed by atoms with Crippen molar-refractivity contribution in [3.8, 4) is 0 Å². The lowest BCUT2D eigenvalue weighted by Crippen LogP contribution is -2.37. The molecule has 0 atom stereocenters. The second-order valence-electron chi connectivity index (χ2n) is 4.28. The first-order valence-corrected chi connectivity index (χ1v) is 6.64. The van der Waals surface area contributed by atoms with Crippen molar-refractivity contribution in [2.75, 3.05) is 12.3 Å². The fraction of sp³-hybridized carbons (Fsp3) is 0.700. The molecule has 0 bridgehead atoms. The highest BCUT2D eigenvalue weighted by molar-refractivity contribution is 8.01. The second kappa shape index (κ2) is 5.14. The number of hydrogen-bond acceptors (Lipinski definition) is 4. The summed E-state index contributed by atoms with van der Waals surface area (Å²) in [6.07, 6.45) is 0. The first kappa shape index (κ1) is 12.0. The van der Waals surface area contributed by atoms with E-state index >= 15 is 0 Å². The minimum atomic E-state index is 0.222. The summed E-state index contributed by atoms with van der Waals surface area (Å²) < 4.78 is 1.18. The molecule has 4 heteroatoms. The van der Waals surface area contributed by atoms with Crippen LogP contribution < -0.4 is 5.32 Å².